The molecule has 19 heavy (non-hydrogen) atoms. The number of hydrogen-bond donors (Lipinski definition) is 2. The van der Waals surface area contributed by atoms with Crippen LogP contribution in [0.5, 0.6) is 0 Å². The normalized spacial score (nSPS) is 10.6. The first kappa shape index (κ1) is 13.2. The Balaban J connectivity index is 2.01. The molecule has 2 aromatic rings. The van der Waals surface area contributed by atoms with E-state index in [-0.39, 0.29) is 6.61 Å². The second-order valence-electron chi connectivity index (χ2n) is 4.13. The largest absolute Gasteiger partial charge is 0.370 e. The number of benzene rings is 1. The van der Waals surface area contributed by atoms with Crippen molar-refractivity contribution in [3.63, 3.8) is 0 Å². The number of aryl methyl sites for hydroxylation is 1. The number of aromatic nitrogens is 2. The maximum absolute atomic E-state index is 10.5. The number of ether oxygens (including phenoxy) is 1. The molecule has 6 heteroatoms. The second-order valence-corrected chi connectivity index (χ2v) is 4.13. The van der Waals surface area contributed by atoms with Gasteiger partial charge in [-0.2, -0.15) is 5.10 Å². The Morgan fingerprint density at radius 2 is 2.05 bits per heavy atom. The molecule has 0 bridgehead atoms. The molecule has 0 fully saturated rings. The van der Waals surface area contributed by atoms with Crippen molar-refractivity contribution in [2.75, 3.05) is 25.1 Å². The fourth-order valence-corrected chi connectivity index (χ4v) is 1.78. The summed E-state index contributed by atoms with van der Waals surface area (Å²) in [6, 6.07) is 7.92. The number of nitrogens with zero attached hydrogens (tertiary/aromatic N) is 2. The van der Waals surface area contributed by atoms with E-state index < -0.39 is 5.91 Å². The second kappa shape index (κ2) is 6.10. The van der Waals surface area contributed by atoms with E-state index in [0.717, 1.165) is 16.5 Å². The lowest BCUT2D eigenvalue weighted by molar-refractivity contribution is -0.122. The van der Waals surface area contributed by atoms with Crippen molar-refractivity contribution in [3.8, 4) is 0 Å². The lowest BCUT2D eigenvalue weighted by Gasteiger charge is -2.09. The fourth-order valence-electron chi connectivity index (χ4n) is 1.78. The third-order valence-corrected chi connectivity index (χ3v) is 2.66. The molecule has 0 saturated carbocycles. The van der Waals surface area contributed by atoms with Gasteiger partial charge in [0, 0.05) is 17.3 Å². The number of anilines is 1. The summed E-state index contributed by atoms with van der Waals surface area (Å²) in [6.45, 7) is 2.78. The maximum Gasteiger partial charge on any atom is 0.243 e. The standard InChI is InChI=1S/C13H16N4O2/c1-9-10-4-2-3-5-11(10)13(17-16-9)15-6-7-19-8-12(14)18/h2-5H,6-8H2,1H3,(H2,14,18)(H,15,17). The summed E-state index contributed by atoms with van der Waals surface area (Å²) in [7, 11) is 0. The number of nitrogens with two attached hydrogens (primary N) is 1. The van der Waals surface area contributed by atoms with Crippen molar-refractivity contribution < 1.29 is 9.53 Å². The summed E-state index contributed by atoms with van der Waals surface area (Å²) in [4.78, 5) is 10.5. The highest BCUT2D eigenvalue weighted by atomic mass is 16.5. The monoisotopic (exact) mass is 260 g/mol. The van der Waals surface area contributed by atoms with Gasteiger partial charge in [0.25, 0.3) is 0 Å². The van der Waals surface area contributed by atoms with Gasteiger partial charge in [-0.1, -0.05) is 24.3 Å². The number of amides is 1. The zero-order valence-corrected chi connectivity index (χ0v) is 10.7. The van der Waals surface area contributed by atoms with E-state index >= 15 is 0 Å². The number of carbonyl (C=O) groups is 1. The van der Waals surface area contributed by atoms with Gasteiger partial charge in [0.15, 0.2) is 5.82 Å². The lowest BCUT2D eigenvalue weighted by Crippen LogP contribution is -2.20. The van der Waals surface area contributed by atoms with Gasteiger partial charge in [0.1, 0.15) is 6.61 Å². The maximum atomic E-state index is 10.5. The number of rotatable bonds is 6. The molecule has 0 unspecified atom stereocenters. The molecule has 0 spiro atoms. The Morgan fingerprint density at radius 3 is 2.79 bits per heavy atom. The van der Waals surface area contributed by atoms with Gasteiger partial charge in [-0.25, -0.2) is 0 Å². The Kier molecular flexibility index (Phi) is 4.25. The minimum Gasteiger partial charge on any atom is -0.370 e. The summed E-state index contributed by atoms with van der Waals surface area (Å²) in [5.74, 6) is 0.240. The van der Waals surface area contributed by atoms with Crippen molar-refractivity contribution in [1.82, 2.24) is 10.2 Å². The predicted octanol–water partition coefficient (Wildman–Crippen LogP) is 0.852. The van der Waals surface area contributed by atoms with Crippen LogP contribution in [-0.4, -0.2) is 35.9 Å². The van der Waals surface area contributed by atoms with Crippen LogP contribution in [0.15, 0.2) is 24.3 Å². The third-order valence-electron chi connectivity index (χ3n) is 2.66. The molecule has 6 nitrogen and oxygen atoms in total. The number of hydrogen-bond acceptors (Lipinski definition) is 5. The van der Waals surface area contributed by atoms with Gasteiger partial charge in [0.05, 0.1) is 12.3 Å². The van der Waals surface area contributed by atoms with Gasteiger partial charge < -0.3 is 15.8 Å². The molecule has 1 aromatic carbocycles. The summed E-state index contributed by atoms with van der Waals surface area (Å²) in [5.41, 5.74) is 5.86. The Bertz CT molecular complexity index is 586. The zero-order chi connectivity index (χ0) is 13.7. The molecule has 1 heterocycles. The van der Waals surface area contributed by atoms with Crippen LogP contribution < -0.4 is 11.1 Å². The molecule has 1 amide bonds. The first-order valence-electron chi connectivity index (χ1n) is 6.00. The average molecular weight is 260 g/mol. The van der Waals surface area contributed by atoms with Crippen molar-refractivity contribution in [2.24, 2.45) is 5.73 Å². The molecule has 0 atom stereocenters. The first-order chi connectivity index (χ1) is 9.18. The van der Waals surface area contributed by atoms with Crippen LogP contribution in [0.4, 0.5) is 5.82 Å². The van der Waals surface area contributed by atoms with Crippen LogP contribution in [0.2, 0.25) is 0 Å². The van der Waals surface area contributed by atoms with Gasteiger partial charge in [-0.3, -0.25) is 4.79 Å². The summed E-state index contributed by atoms with van der Waals surface area (Å²) >= 11 is 0. The van der Waals surface area contributed by atoms with Crippen molar-refractivity contribution in [2.45, 2.75) is 6.92 Å². The molecular formula is C13H16N4O2. The number of primary amides is 1. The predicted molar refractivity (Wildman–Crippen MR) is 72.8 cm³/mol. The van der Waals surface area contributed by atoms with Crippen molar-refractivity contribution in [1.29, 1.82) is 0 Å². The highest BCUT2D eigenvalue weighted by Gasteiger charge is 2.05. The molecular weight excluding hydrogens is 244 g/mol. The van der Waals surface area contributed by atoms with E-state index in [1.54, 1.807) is 0 Å². The highest BCUT2D eigenvalue weighted by molar-refractivity contribution is 5.92. The SMILES string of the molecule is Cc1nnc(NCCOCC(N)=O)c2ccccc12. The van der Waals surface area contributed by atoms with Crippen molar-refractivity contribution >= 4 is 22.5 Å². The van der Waals surface area contributed by atoms with E-state index in [0.29, 0.717) is 19.0 Å². The lowest BCUT2D eigenvalue weighted by atomic mass is 10.1. The van der Waals surface area contributed by atoms with Crippen LogP contribution in [0.3, 0.4) is 0 Å². The molecule has 100 valence electrons. The summed E-state index contributed by atoms with van der Waals surface area (Å²) < 4.78 is 5.07. The molecule has 1 aromatic heterocycles. The van der Waals surface area contributed by atoms with Gasteiger partial charge >= 0.3 is 0 Å². The Morgan fingerprint density at radius 1 is 1.32 bits per heavy atom. The average Bonchev–Trinajstić information content (AvgIpc) is 2.41. The van der Waals surface area contributed by atoms with Crippen LogP contribution in [0.1, 0.15) is 5.69 Å². The highest BCUT2D eigenvalue weighted by Crippen LogP contribution is 2.21. The molecule has 0 aliphatic heterocycles. The molecule has 2 rings (SSSR count). The van der Waals surface area contributed by atoms with Gasteiger partial charge in [0.2, 0.25) is 5.91 Å². The Hall–Kier alpha value is -2.21. The quantitative estimate of drug-likeness (QED) is 0.751. The third kappa shape index (κ3) is 3.38. The van der Waals surface area contributed by atoms with Crippen molar-refractivity contribution in [3.05, 3.63) is 30.0 Å². The summed E-state index contributed by atoms with van der Waals surface area (Å²) in [6.07, 6.45) is 0. The molecule has 0 aliphatic carbocycles. The van der Waals surface area contributed by atoms with Gasteiger partial charge in [-0.15, -0.1) is 5.10 Å². The minimum atomic E-state index is -0.472. The Labute approximate surface area is 111 Å². The van der Waals surface area contributed by atoms with E-state index in [1.165, 1.54) is 0 Å². The fraction of sp³-hybridized carbons (Fsp3) is 0.308. The topological polar surface area (TPSA) is 90.1 Å². The minimum absolute atomic E-state index is 0.0675. The molecule has 0 aliphatic rings. The van der Waals surface area contributed by atoms with Gasteiger partial charge in [-0.05, 0) is 6.92 Å². The molecule has 0 saturated heterocycles. The number of fused-ring (bicyclic) bond motifs is 1. The molecule has 0 radical (unpaired) electrons. The number of carbonyl (C=O) groups excluding carboxylic acids is 1. The van der Waals surface area contributed by atoms with Crippen LogP contribution in [0.25, 0.3) is 10.8 Å². The van der Waals surface area contributed by atoms with E-state index in [9.17, 15) is 4.79 Å². The smallest absolute Gasteiger partial charge is 0.243 e. The van der Waals surface area contributed by atoms with Crippen LogP contribution in [0, 0.1) is 6.92 Å². The zero-order valence-electron chi connectivity index (χ0n) is 10.7. The van der Waals surface area contributed by atoms with Crippen LogP contribution >= 0.6 is 0 Å². The van der Waals surface area contributed by atoms with E-state index in [1.807, 2.05) is 31.2 Å². The number of nitrogens with one attached hydrogen (secondary N) is 1. The van der Waals surface area contributed by atoms with E-state index in [2.05, 4.69) is 15.5 Å². The summed E-state index contributed by atoms with van der Waals surface area (Å²) in [5, 5.41) is 13.5. The molecule has 3 N–H and O–H groups in total. The first-order valence-corrected chi connectivity index (χ1v) is 6.00. The van der Waals surface area contributed by atoms with Crippen LogP contribution in [-0.2, 0) is 9.53 Å². The van der Waals surface area contributed by atoms with E-state index in [4.69, 9.17) is 10.5 Å².